The first-order valence-electron chi connectivity index (χ1n) is 8.04. The van der Waals surface area contributed by atoms with Crippen LogP contribution in [0.15, 0.2) is 0 Å². The van der Waals surface area contributed by atoms with Gasteiger partial charge in [-0.2, -0.15) is 0 Å². The van der Waals surface area contributed by atoms with Gasteiger partial charge in [0.1, 0.15) is 0 Å². The summed E-state index contributed by atoms with van der Waals surface area (Å²) in [5.74, 6) is 0. The van der Waals surface area contributed by atoms with Crippen LogP contribution in [0.1, 0.15) is 46.0 Å². The van der Waals surface area contributed by atoms with Gasteiger partial charge in [-0.05, 0) is 64.8 Å². The molecule has 0 saturated carbocycles. The van der Waals surface area contributed by atoms with Crippen LogP contribution in [0.2, 0.25) is 0 Å². The fraction of sp³-hybridized carbons (Fsp3) is 1.00. The molecular weight excluding hydrogens is 222 g/mol. The SMILES string of the molecule is CCN1CCCC(N(CC)C2CCCNC2)CC1. The van der Waals surface area contributed by atoms with Crippen molar-refractivity contribution in [1.82, 2.24) is 15.1 Å². The van der Waals surface area contributed by atoms with Gasteiger partial charge in [0.15, 0.2) is 0 Å². The van der Waals surface area contributed by atoms with Crippen LogP contribution in [-0.2, 0) is 0 Å². The molecule has 0 aliphatic carbocycles. The smallest absolute Gasteiger partial charge is 0.0223 e. The van der Waals surface area contributed by atoms with Crippen LogP contribution in [0.5, 0.6) is 0 Å². The Labute approximate surface area is 113 Å². The predicted molar refractivity (Wildman–Crippen MR) is 78.0 cm³/mol. The predicted octanol–water partition coefficient (Wildman–Crippen LogP) is 1.93. The van der Waals surface area contributed by atoms with Crippen molar-refractivity contribution in [1.29, 1.82) is 0 Å². The molecule has 18 heavy (non-hydrogen) atoms. The summed E-state index contributed by atoms with van der Waals surface area (Å²) < 4.78 is 0. The number of hydrogen-bond donors (Lipinski definition) is 1. The Morgan fingerprint density at radius 3 is 2.56 bits per heavy atom. The lowest BCUT2D eigenvalue weighted by Crippen LogP contribution is -2.50. The van der Waals surface area contributed by atoms with Crippen molar-refractivity contribution in [3.05, 3.63) is 0 Å². The zero-order chi connectivity index (χ0) is 12.8. The Hall–Kier alpha value is -0.120. The quantitative estimate of drug-likeness (QED) is 0.826. The highest BCUT2D eigenvalue weighted by molar-refractivity contribution is 4.85. The van der Waals surface area contributed by atoms with Gasteiger partial charge in [-0.25, -0.2) is 0 Å². The fourth-order valence-corrected chi connectivity index (χ4v) is 3.72. The Morgan fingerprint density at radius 1 is 1.06 bits per heavy atom. The summed E-state index contributed by atoms with van der Waals surface area (Å²) >= 11 is 0. The van der Waals surface area contributed by atoms with E-state index in [1.807, 2.05) is 0 Å². The van der Waals surface area contributed by atoms with E-state index in [-0.39, 0.29) is 0 Å². The molecule has 0 spiro atoms. The van der Waals surface area contributed by atoms with E-state index in [9.17, 15) is 0 Å². The van der Waals surface area contributed by atoms with Crippen molar-refractivity contribution in [2.75, 3.05) is 39.3 Å². The molecule has 1 N–H and O–H groups in total. The number of piperidine rings is 1. The van der Waals surface area contributed by atoms with Crippen LogP contribution in [-0.4, -0.2) is 61.2 Å². The third kappa shape index (κ3) is 3.69. The molecule has 0 aromatic rings. The number of nitrogens with zero attached hydrogens (tertiary/aromatic N) is 2. The van der Waals surface area contributed by atoms with Gasteiger partial charge >= 0.3 is 0 Å². The van der Waals surface area contributed by atoms with Crippen molar-refractivity contribution in [2.24, 2.45) is 0 Å². The topological polar surface area (TPSA) is 18.5 Å². The Morgan fingerprint density at radius 2 is 1.89 bits per heavy atom. The minimum Gasteiger partial charge on any atom is -0.315 e. The lowest BCUT2D eigenvalue weighted by atomic mass is 10.00. The first-order chi connectivity index (χ1) is 8.85. The van der Waals surface area contributed by atoms with Gasteiger partial charge in [-0.1, -0.05) is 13.8 Å². The highest BCUT2D eigenvalue weighted by Gasteiger charge is 2.27. The number of likely N-dealkylation sites (N-methyl/N-ethyl adjacent to an activating group) is 1. The third-order valence-electron chi connectivity index (χ3n) is 4.81. The first kappa shape index (κ1) is 14.3. The molecule has 3 nitrogen and oxygen atoms in total. The summed E-state index contributed by atoms with van der Waals surface area (Å²) in [5.41, 5.74) is 0. The van der Waals surface area contributed by atoms with Crippen molar-refractivity contribution >= 4 is 0 Å². The van der Waals surface area contributed by atoms with Crippen LogP contribution in [0, 0.1) is 0 Å². The largest absolute Gasteiger partial charge is 0.315 e. The maximum absolute atomic E-state index is 3.57. The maximum atomic E-state index is 3.57. The van der Waals surface area contributed by atoms with Gasteiger partial charge in [-0.15, -0.1) is 0 Å². The van der Waals surface area contributed by atoms with E-state index in [2.05, 4.69) is 29.0 Å². The molecule has 2 rings (SSSR count). The molecule has 2 fully saturated rings. The van der Waals surface area contributed by atoms with Crippen molar-refractivity contribution in [2.45, 2.75) is 58.0 Å². The summed E-state index contributed by atoms with van der Waals surface area (Å²) in [4.78, 5) is 5.41. The molecule has 0 aromatic heterocycles. The van der Waals surface area contributed by atoms with E-state index in [1.165, 1.54) is 71.4 Å². The van der Waals surface area contributed by atoms with Gasteiger partial charge < -0.3 is 10.2 Å². The minimum absolute atomic E-state index is 0.793. The molecule has 2 unspecified atom stereocenters. The molecular formula is C15H31N3. The first-order valence-corrected chi connectivity index (χ1v) is 8.04. The van der Waals surface area contributed by atoms with Crippen molar-refractivity contribution in [3.63, 3.8) is 0 Å². The second-order valence-electron chi connectivity index (χ2n) is 5.85. The van der Waals surface area contributed by atoms with Crippen LogP contribution in [0.25, 0.3) is 0 Å². The maximum Gasteiger partial charge on any atom is 0.0223 e. The van der Waals surface area contributed by atoms with E-state index < -0.39 is 0 Å². The molecule has 0 amide bonds. The minimum atomic E-state index is 0.793. The van der Waals surface area contributed by atoms with Gasteiger partial charge in [-0.3, -0.25) is 4.90 Å². The van der Waals surface area contributed by atoms with E-state index in [1.54, 1.807) is 0 Å². The highest BCUT2D eigenvalue weighted by atomic mass is 15.2. The fourth-order valence-electron chi connectivity index (χ4n) is 3.72. The molecule has 2 atom stereocenters. The number of rotatable bonds is 4. The molecule has 2 heterocycles. The Bertz CT molecular complexity index is 226. The van der Waals surface area contributed by atoms with Crippen molar-refractivity contribution in [3.8, 4) is 0 Å². The lowest BCUT2D eigenvalue weighted by Gasteiger charge is -2.39. The summed E-state index contributed by atoms with van der Waals surface area (Å²) in [6, 6.07) is 1.62. The molecule has 2 saturated heterocycles. The highest BCUT2D eigenvalue weighted by Crippen LogP contribution is 2.21. The summed E-state index contributed by atoms with van der Waals surface area (Å²) in [6.07, 6.45) is 6.91. The second-order valence-corrected chi connectivity index (χ2v) is 5.85. The average Bonchev–Trinajstić information content (AvgIpc) is 2.66. The van der Waals surface area contributed by atoms with Crippen LogP contribution >= 0.6 is 0 Å². The van der Waals surface area contributed by atoms with Gasteiger partial charge in [0.05, 0.1) is 0 Å². The molecule has 0 aromatic carbocycles. The molecule has 2 aliphatic heterocycles. The van der Waals surface area contributed by atoms with Crippen LogP contribution in [0.3, 0.4) is 0 Å². The van der Waals surface area contributed by atoms with Crippen molar-refractivity contribution < 1.29 is 0 Å². The van der Waals surface area contributed by atoms with Gasteiger partial charge in [0.2, 0.25) is 0 Å². The summed E-state index contributed by atoms with van der Waals surface area (Å²) in [5, 5.41) is 3.57. The number of hydrogen-bond acceptors (Lipinski definition) is 3. The number of likely N-dealkylation sites (tertiary alicyclic amines) is 1. The standard InChI is InChI=1S/C15H31N3/c1-3-17-11-6-8-14(9-12-17)18(4-2)15-7-5-10-16-13-15/h14-16H,3-13H2,1-2H3. The zero-order valence-electron chi connectivity index (χ0n) is 12.3. The average molecular weight is 253 g/mol. The van der Waals surface area contributed by atoms with Gasteiger partial charge in [0, 0.05) is 18.6 Å². The zero-order valence-corrected chi connectivity index (χ0v) is 12.3. The molecule has 2 aliphatic rings. The van der Waals surface area contributed by atoms with Crippen LogP contribution < -0.4 is 5.32 Å². The van der Waals surface area contributed by atoms with E-state index >= 15 is 0 Å². The summed E-state index contributed by atoms with van der Waals surface area (Å²) in [7, 11) is 0. The van der Waals surface area contributed by atoms with E-state index in [0.717, 1.165) is 12.1 Å². The van der Waals surface area contributed by atoms with Crippen LogP contribution in [0.4, 0.5) is 0 Å². The molecule has 0 bridgehead atoms. The molecule has 106 valence electrons. The summed E-state index contributed by atoms with van der Waals surface area (Å²) in [6.45, 7) is 12.1. The monoisotopic (exact) mass is 253 g/mol. The Balaban J connectivity index is 1.90. The molecule has 0 radical (unpaired) electrons. The van der Waals surface area contributed by atoms with Gasteiger partial charge in [0.25, 0.3) is 0 Å². The third-order valence-corrected chi connectivity index (χ3v) is 4.81. The number of nitrogens with one attached hydrogen (secondary N) is 1. The van der Waals surface area contributed by atoms with E-state index in [0.29, 0.717) is 0 Å². The lowest BCUT2D eigenvalue weighted by molar-refractivity contribution is 0.108. The van der Waals surface area contributed by atoms with E-state index in [4.69, 9.17) is 0 Å². The molecule has 3 heteroatoms. The second kappa shape index (κ2) is 7.46. The normalized spacial score (nSPS) is 31.5. The Kier molecular flexibility index (Phi) is 5.93.